The molecule has 0 aliphatic rings. The molecule has 0 fully saturated rings. The van der Waals surface area contributed by atoms with E-state index in [2.05, 4.69) is 34.8 Å². The highest BCUT2D eigenvalue weighted by atomic mass is 79.9. The van der Waals surface area contributed by atoms with Crippen molar-refractivity contribution in [1.29, 1.82) is 0 Å². The summed E-state index contributed by atoms with van der Waals surface area (Å²) in [5.41, 5.74) is 1.71. The second-order valence-electron chi connectivity index (χ2n) is 4.05. The Hall–Kier alpha value is -0.680. The van der Waals surface area contributed by atoms with E-state index in [1.165, 1.54) is 6.07 Å². The minimum Gasteiger partial charge on any atom is -0.331 e. The van der Waals surface area contributed by atoms with Crippen LogP contribution in [0.25, 0.3) is 11.0 Å². The van der Waals surface area contributed by atoms with Crippen molar-refractivity contribution in [3.8, 4) is 0 Å². The summed E-state index contributed by atoms with van der Waals surface area (Å²) in [4.78, 5) is 3.13. The van der Waals surface area contributed by atoms with Gasteiger partial charge < -0.3 is 9.55 Å². The Morgan fingerprint density at radius 1 is 1.41 bits per heavy atom. The number of nitrogens with one attached hydrogen (secondary N) is 1. The van der Waals surface area contributed by atoms with Crippen LogP contribution < -0.4 is 0 Å². The average Bonchev–Trinajstić information content (AvgIpc) is 2.59. The molecule has 1 aromatic carbocycles. The first-order chi connectivity index (χ1) is 8.08. The van der Waals surface area contributed by atoms with E-state index in [1.54, 1.807) is 6.07 Å². The minimum atomic E-state index is -0.258. The first-order valence-corrected chi connectivity index (χ1v) is 6.87. The Morgan fingerprint density at radius 2 is 2.06 bits per heavy atom. The second kappa shape index (κ2) is 4.90. The van der Waals surface area contributed by atoms with Gasteiger partial charge in [-0.3, -0.25) is 0 Å². The molecule has 0 saturated heterocycles. The van der Waals surface area contributed by atoms with E-state index in [0.29, 0.717) is 15.3 Å². The number of benzene rings is 1. The largest absolute Gasteiger partial charge is 0.331 e. The molecule has 5 heteroatoms. The predicted molar refractivity (Wildman–Crippen MR) is 74.4 cm³/mol. The molecule has 17 heavy (non-hydrogen) atoms. The smallest absolute Gasteiger partial charge is 0.178 e. The van der Waals surface area contributed by atoms with Crippen LogP contribution in [-0.4, -0.2) is 9.55 Å². The topological polar surface area (TPSA) is 20.7 Å². The Morgan fingerprint density at radius 3 is 2.65 bits per heavy atom. The van der Waals surface area contributed by atoms with Crippen LogP contribution in [0.4, 0.5) is 4.39 Å². The lowest BCUT2D eigenvalue weighted by atomic mass is 10.1. The van der Waals surface area contributed by atoms with Crippen LogP contribution in [0.5, 0.6) is 0 Å². The quantitative estimate of drug-likeness (QED) is 0.793. The Labute approximate surface area is 113 Å². The summed E-state index contributed by atoms with van der Waals surface area (Å²) in [6.07, 6.45) is 1.96. The van der Waals surface area contributed by atoms with Crippen molar-refractivity contribution in [1.82, 2.24) is 9.55 Å². The van der Waals surface area contributed by atoms with Gasteiger partial charge in [0.05, 0.1) is 15.5 Å². The molecule has 92 valence electrons. The van der Waals surface area contributed by atoms with Crippen molar-refractivity contribution in [3.63, 3.8) is 0 Å². The standard InChI is InChI=1S/C12H14BrFN2S/c1-3-7(4-2)16-11-6-9(14)8(13)5-10(11)15-12(16)17/h5-7H,3-4H2,1-2H3,(H,15,17). The third-order valence-corrected chi connectivity index (χ3v) is 3.97. The van der Waals surface area contributed by atoms with Crippen molar-refractivity contribution < 1.29 is 4.39 Å². The molecule has 2 aromatic rings. The molecule has 1 aromatic heterocycles. The van der Waals surface area contributed by atoms with Crippen LogP contribution in [-0.2, 0) is 0 Å². The lowest BCUT2D eigenvalue weighted by molar-refractivity contribution is 0.478. The summed E-state index contributed by atoms with van der Waals surface area (Å²) in [5.74, 6) is -0.258. The predicted octanol–water partition coefficient (Wildman–Crippen LogP) is 4.96. The first-order valence-electron chi connectivity index (χ1n) is 5.67. The number of H-pyrrole nitrogens is 1. The van der Waals surface area contributed by atoms with Gasteiger partial charge in [0.25, 0.3) is 0 Å². The number of nitrogens with zero attached hydrogens (tertiary/aromatic N) is 1. The normalized spacial score (nSPS) is 11.6. The maximum Gasteiger partial charge on any atom is 0.178 e. The summed E-state index contributed by atoms with van der Waals surface area (Å²) in [6, 6.07) is 3.58. The van der Waals surface area contributed by atoms with Crippen LogP contribution in [0.3, 0.4) is 0 Å². The highest BCUT2D eigenvalue weighted by Crippen LogP contribution is 2.27. The van der Waals surface area contributed by atoms with Gasteiger partial charge in [0.2, 0.25) is 0 Å². The second-order valence-corrected chi connectivity index (χ2v) is 5.29. The van der Waals surface area contributed by atoms with Gasteiger partial charge in [0, 0.05) is 12.1 Å². The number of hydrogen-bond acceptors (Lipinski definition) is 1. The van der Waals surface area contributed by atoms with Gasteiger partial charge in [-0.2, -0.15) is 0 Å². The molecule has 0 saturated carbocycles. The van der Waals surface area contributed by atoms with Gasteiger partial charge in [-0.05, 0) is 47.1 Å². The highest BCUT2D eigenvalue weighted by molar-refractivity contribution is 9.10. The molecule has 0 aliphatic carbocycles. The number of aromatic nitrogens is 2. The van der Waals surface area contributed by atoms with Crippen LogP contribution in [0.15, 0.2) is 16.6 Å². The van der Waals surface area contributed by atoms with E-state index < -0.39 is 0 Å². The first kappa shape index (κ1) is 12.8. The number of halogens is 2. The molecular formula is C12H14BrFN2S. The summed E-state index contributed by atoms with van der Waals surface area (Å²) in [6.45, 7) is 4.23. The van der Waals surface area contributed by atoms with E-state index in [0.717, 1.165) is 23.9 Å². The average molecular weight is 317 g/mol. The molecule has 1 heterocycles. The van der Waals surface area contributed by atoms with Gasteiger partial charge >= 0.3 is 0 Å². The zero-order valence-electron chi connectivity index (χ0n) is 9.76. The van der Waals surface area contributed by atoms with Crippen LogP contribution >= 0.6 is 28.1 Å². The van der Waals surface area contributed by atoms with Crippen molar-refractivity contribution in [2.75, 3.05) is 0 Å². The highest BCUT2D eigenvalue weighted by Gasteiger charge is 2.14. The number of rotatable bonds is 3. The molecule has 2 nitrogen and oxygen atoms in total. The Bertz CT molecular complexity index is 598. The maximum absolute atomic E-state index is 13.6. The Kier molecular flexibility index (Phi) is 3.68. The van der Waals surface area contributed by atoms with E-state index >= 15 is 0 Å². The van der Waals surface area contributed by atoms with Crippen LogP contribution in [0, 0.1) is 10.6 Å². The van der Waals surface area contributed by atoms with Gasteiger partial charge in [0.1, 0.15) is 5.82 Å². The summed E-state index contributed by atoms with van der Waals surface area (Å²) >= 11 is 8.50. The molecule has 0 radical (unpaired) electrons. The number of fused-ring (bicyclic) bond motifs is 1. The maximum atomic E-state index is 13.6. The summed E-state index contributed by atoms with van der Waals surface area (Å²) in [7, 11) is 0. The summed E-state index contributed by atoms with van der Waals surface area (Å²) < 4.78 is 16.7. The van der Waals surface area contributed by atoms with E-state index in [9.17, 15) is 4.39 Å². The van der Waals surface area contributed by atoms with Crippen molar-refractivity contribution in [3.05, 3.63) is 27.2 Å². The molecule has 0 amide bonds. The number of aromatic amines is 1. The van der Waals surface area contributed by atoms with Gasteiger partial charge in [-0.15, -0.1) is 0 Å². The molecule has 1 N–H and O–H groups in total. The van der Waals surface area contributed by atoms with E-state index in [-0.39, 0.29) is 5.82 Å². The molecule has 0 atom stereocenters. The SMILES string of the molecule is CCC(CC)n1c(=S)[nH]c2cc(Br)c(F)cc21. The minimum absolute atomic E-state index is 0.258. The van der Waals surface area contributed by atoms with Gasteiger partial charge in [-0.1, -0.05) is 13.8 Å². The fraction of sp³-hybridized carbons (Fsp3) is 0.417. The van der Waals surface area contributed by atoms with E-state index in [4.69, 9.17) is 12.2 Å². The summed E-state index contributed by atoms with van der Waals surface area (Å²) in [5, 5.41) is 0. The molecule has 0 bridgehead atoms. The fourth-order valence-corrected chi connectivity index (χ4v) is 2.84. The van der Waals surface area contributed by atoms with Crippen molar-refractivity contribution >= 4 is 39.2 Å². The molecule has 0 unspecified atom stereocenters. The van der Waals surface area contributed by atoms with Crippen LogP contribution in [0.2, 0.25) is 0 Å². The lowest BCUT2D eigenvalue weighted by Gasteiger charge is -2.15. The molecule has 0 aliphatic heterocycles. The van der Waals surface area contributed by atoms with Gasteiger partial charge in [-0.25, -0.2) is 4.39 Å². The van der Waals surface area contributed by atoms with Gasteiger partial charge in [0.15, 0.2) is 4.77 Å². The number of imidazole rings is 1. The van der Waals surface area contributed by atoms with Crippen molar-refractivity contribution in [2.24, 2.45) is 0 Å². The fourth-order valence-electron chi connectivity index (χ4n) is 2.14. The lowest BCUT2D eigenvalue weighted by Crippen LogP contribution is -2.06. The van der Waals surface area contributed by atoms with E-state index in [1.807, 2.05) is 4.57 Å². The molecular weight excluding hydrogens is 303 g/mol. The molecule has 2 rings (SSSR count). The third kappa shape index (κ3) is 2.18. The van der Waals surface area contributed by atoms with Crippen molar-refractivity contribution in [2.45, 2.75) is 32.7 Å². The number of hydrogen-bond donors (Lipinski definition) is 1. The zero-order valence-corrected chi connectivity index (χ0v) is 12.2. The zero-order chi connectivity index (χ0) is 12.6. The third-order valence-electron chi connectivity index (χ3n) is 3.07. The Balaban J connectivity index is 2.74. The van der Waals surface area contributed by atoms with Crippen LogP contribution in [0.1, 0.15) is 32.7 Å². The molecule has 0 spiro atoms. The monoisotopic (exact) mass is 316 g/mol.